The van der Waals surface area contributed by atoms with E-state index in [0.29, 0.717) is 12.3 Å². The van der Waals surface area contributed by atoms with Crippen LogP contribution in [0.25, 0.3) is 0 Å². The van der Waals surface area contributed by atoms with Gasteiger partial charge in [-0.05, 0) is 42.2 Å². The molecule has 1 N–H and O–H groups in total. The van der Waals surface area contributed by atoms with Gasteiger partial charge < -0.3 is 5.32 Å². The van der Waals surface area contributed by atoms with E-state index in [1.165, 1.54) is 5.56 Å². The van der Waals surface area contributed by atoms with Crippen LogP contribution >= 0.6 is 11.3 Å². The summed E-state index contributed by atoms with van der Waals surface area (Å²) in [5, 5.41) is 7.28. The summed E-state index contributed by atoms with van der Waals surface area (Å²) in [6.07, 6.45) is 1.63. The van der Waals surface area contributed by atoms with E-state index in [1.54, 1.807) is 11.3 Å². The third-order valence-corrected chi connectivity index (χ3v) is 6.13. The topological polar surface area (TPSA) is 46.2 Å². The van der Waals surface area contributed by atoms with Gasteiger partial charge in [0.2, 0.25) is 0 Å². The highest BCUT2D eigenvalue weighted by molar-refractivity contribution is 7.92. The summed E-state index contributed by atoms with van der Waals surface area (Å²) < 4.78 is 23.2. The second-order valence-corrected chi connectivity index (χ2v) is 7.50. The van der Waals surface area contributed by atoms with Crippen LogP contribution < -0.4 is 5.32 Å². The van der Waals surface area contributed by atoms with Crippen LogP contribution in [0.1, 0.15) is 31.4 Å². The lowest BCUT2D eigenvalue weighted by atomic mass is 10.1. The summed E-state index contributed by atoms with van der Waals surface area (Å²) in [5.41, 5.74) is 1.24. The van der Waals surface area contributed by atoms with E-state index < -0.39 is 9.84 Å². The molecule has 2 unspecified atom stereocenters. The Morgan fingerprint density at radius 2 is 2.44 bits per heavy atom. The van der Waals surface area contributed by atoms with Crippen molar-refractivity contribution >= 4 is 21.2 Å². The minimum atomic E-state index is -2.81. The first kappa shape index (κ1) is 12.1. The number of nitrogens with one attached hydrogen (secondary N) is 1. The summed E-state index contributed by atoms with van der Waals surface area (Å²) in [4.78, 5) is 0. The zero-order valence-electron chi connectivity index (χ0n) is 9.35. The maximum Gasteiger partial charge on any atom is 0.154 e. The van der Waals surface area contributed by atoms with E-state index in [-0.39, 0.29) is 11.3 Å². The minimum Gasteiger partial charge on any atom is -0.309 e. The average Bonchev–Trinajstić information content (AvgIpc) is 2.83. The van der Waals surface area contributed by atoms with Gasteiger partial charge in [0.15, 0.2) is 9.84 Å². The molecule has 0 radical (unpaired) electrons. The lowest BCUT2D eigenvalue weighted by Crippen LogP contribution is -2.32. The van der Waals surface area contributed by atoms with Gasteiger partial charge in [-0.25, -0.2) is 8.42 Å². The highest BCUT2D eigenvalue weighted by atomic mass is 32.2. The number of hydrogen-bond acceptors (Lipinski definition) is 4. The van der Waals surface area contributed by atoms with Crippen LogP contribution in [0.15, 0.2) is 16.8 Å². The van der Waals surface area contributed by atoms with Crippen molar-refractivity contribution in [3.63, 3.8) is 0 Å². The lowest BCUT2D eigenvalue weighted by molar-refractivity contribution is 0.539. The van der Waals surface area contributed by atoms with Crippen molar-refractivity contribution in [2.75, 3.05) is 12.3 Å². The smallest absolute Gasteiger partial charge is 0.154 e. The van der Waals surface area contributed by atoms with Crippen molar-refractivity contribution in [3.8, 4) is 0 Å². The maximum absolute atomic E-state index is 11.6. The van der Waals surface area contributed by atoms with Crippen LogP contribution in [0, 0.1) is 0 Å². The average molecular weight is 259 g/mol. The van der Waals surface area contributed by atoms with Crippen molar-refractivity contribution in [1.82, 2.24) is 5.32 Å². The van der Waals surface area contributed by atoms with E-state index >= 15 is 0 Å². The third kappa shape index (κ3) is 2.64. The number of thiophene rings is 1. The van der Waals surface area contributed by atoms with Crippen molar-refractivity contribution in [2.24, 2.45) is 0 Å². The summed E-state index contributed by atoms with van der Waals surface area (Å²) in [5.74, 6) is 0.367. The van der Waals surface area contributed by atoms with Crippen molar-refractivity contribution in [2.45, 2.75) is 31.1 Å². The molecule has 16 heavy (non-hydrogen) atoms. The molecular formula is C11H17NO2S2. The fraction of sp³-hybridized carbons (Fsp3) is 0.636. The Balaban J connectivity index is 1.88. The molecule has 1 aromatic heterocycles. The number of hydrogen-bond donors (Lipinski definition) is 1. The first-order valence-electron chi connectivity index (χ1n) is 5.56. The molecule has 0 bridgehead atoms. The molecule has 0 amide bonds. The van der Waals surface area contributed by atoms with Crippen molar-refractivity contribution < 1.29 is 8.42 Å². The first-order valence-corrected chi connectivity index (χ1v) is 8.22. The molecule has 1 fully saturated rings. The van der Waals surface area contributed by atoms with Crippen LogP contribution in [0.3, 0.4) is 0 Å². The van der Waals surface area contributed by atoms with Gasteiger partial charge in [0.25, 0.3) is 0 Å². The number of rotatable bonds is 4. The molecule has 1 aromatic rings. The van der Waals surface area contributed by atoms with Gasteiger partial charge in [-0.2, -0.15) is 11.3 Å². The van der Waals surface area contributed by atoms with Gasteiger partial charge in [0, 0.05) is 12.6 Å². The first-order chi connectivity index (χ1) is 7.59. The van der Waals surface area contributed by atoms with E-state index in [9.17, 15) is 8.42 Å². The van der Waals surface area contributed by atoms with E-state index in [0.717, 1.165) is 12.8 Å². The fourth-order valence-corrected chi connectivity index (χ4v) is 4.57. The zero-order valence-corrected chi connectivity index (χ0v) is 11.0. The molecule has 1 aliphatic heterocycles. The molecule has 0 spiro atoms. The van der Waals surface area contributed by atoms with Gasteiger partial charge in [-0.1, -0.05) is 0 Å². The monoisotopic (exact) mass is 259 g/mol. The molecule has 1 aliphatic rings. The Morgan fingerprint density at radius 1 is 1.62 bits per heavy atom. The Kier molecular flexibility index (Phi) is 3.66. The summed E-state index contributed by atoms with van der Waals surface area (Å²) in [7, 11) is -2.81. The van der Waals surface area contributed by atoms with Crippen molar-refractivity contribution in [3.05, 3.63) is 22.4 Å². The predicted molar refractivity (Wildman–Crippen MR) is 67.5 cm³/mol. The molecule has 5 heteroatoms. The number of sulfone groups is 1. The van der Waals surface area contributed by atoms with Crippen molar-refractivity contribution in [1.29, 1.82) is 0 Å². The second-order valence-electron chi connectivity index (χ2n) is 4.32. The van der Waals surface area contributed by atoms with E-state index in [1.807, 2.05) is 5.38 Å². The molecule has 0 aliphatic carbocycles. The Labute approximate surface area is 101 Å². The zero-order chi connectivity index (χ0) is 11.6. The predicted octanol–water partition coefficient (Wildman–Crippen LogP) is 1.98. The normalized spacial score (nSPS) is 25.7. The third-order valence-electron chi connectivity index (χ3n) is 3.16. The quantitative estimate of drug-likeness (QED) is 0.899. The van der Waals surface area contributed by atoms with Gasteiger partial charge in [0.05, 0.1) is 11.0 Å². The Hall–Kier alpha value is -0.390. The van der Waals surface area contributed by atoms with E-state index in [4.69, 9.17) is 0 Å². The molecule has 90 valence electrons. The Morgan fingerprint density at radius 3 is 3.00 bits per heavy atom. The Bertz CT molecular complexity index is 425. The molecule has 2 heterocycles. The largest absolute Gasteiger partial charge is 0.309 e. The van der Waals surface area contributed by atoms with Gasteiger partial charge >= 0.3 is 0 Å². The van der Waals surface area contributed by atoms with E-state index in [2.05, 4.69) is 23.7 Å². The summed E-state index contributed by atoms with van der Waals surface area (Å²) >= 11 is 1.67. The molecule has 0 saturated carbocycles. The van der Waals surface area contributed by atoms with Crippen LogP contribution in [0.5, 0.6) is 0 Å². The van der Waals surface area contributed by atoms with Gasteiger partial charge in [-0.15, -0.1) is 0 Å². The molecule has 3 nitrogen and oxygen atoms in total. The molecule has 0 aromatic carbocycles. The standard InChI is InChI=1S/C11H17NO2S2/c1-9(10-4-5-15-8-10)12-7-11-3-2-6-16(11,13)14/h4-5,8-9,11-12H,2-3,6-7H2,1H3. The SMILES string of the molecule is CC(NCC1CCCS1(=O)=O)c1ccsc1. The molecule has 2 rings (SSSR count). The highest BCUT2D eigenvalue weighted by Gasteiger charge is 2.31. The highest BCUT2D eigenvalue weighted by Crippen LogP contribution is 2.21. The van der Waals surface area contributed by atoms with Crippen LogP contribution in [-0.4, -0.2) is 26.0 Å². The maximum atomic E-state index is 11.6. The lowest BCUT2D eigenvalue weighted by Gasteiger charge is -2.15. The van der Waals surface area contributed by atoms with Crippen LogP contribution in [0.4, 0.5) is 0 Å². The van der Waals surface area contributed by atoms with Gasteiger partial charge in [0.1, 0.15) is 0 Å². The van der Waals surface area contributed by atoms with Crippen LogP contribution in [-0.2, 0) is 9.84 Å². The molecule has 2 atom stereocenters. The molecule has 1 saturated heterocycles. The second kappa shape index (κ2) is 4.85. The summed E-state index contributed by atoms with van der Waals surface area (Å²) in [6, 6.07) is 2.31. The summed E-state index contributed by atoms with van der Waals surface area (Å²) in [6.45, 7) is 2.66. The minimum absolute atomic E-state index is 0.173. The molecular weight excluding hydrogens is 242 g/mol. The fourth-order valence-electron chi connectivity index (χ4n) is 2.03. The van der Waals surface area contributed by atoms with Gasteiger partial charge in [-0.3, -0.25) is 0 Å². The van der Waals surface area contributed by atoms with Crippen LogP contribution in [0.2, 0.25) is 0 Å².